The number of rotatable bonds is 1. The SMILES string of the molecule is COc1ccc2c(c1)CCC1C2CC[C@]2(C)C1C[C@H](Br)[C@@H]2O. The first-order valence-electron chi connectivity index (χ1n) is 8.53. The fraction of sp³-hybridized carbons (Fsp3) is 0.684. The summed E-state index contributed by atoms with van der Waals surface area (Å²) in [5.74, 6) is 3.05. The van der Waals surface area contributed by atoms with E-state index < -0.39 is 0 Å². The van der Waals surface area contributed by atoms with Gasteiger partial charge in [0.25, 0.3) is 0 Å². The largest absolute Gasteiger partial charge is 0.497 e. The van der Waals surface area contributed by atoms with Gasteiger partial charge in [0.2, 0.25) is 0 Å². The van der Waals surface area contributed by atoms with E-state index in [0.29, 0.717) is 11.8 Å². The Balaban J connectivity index is 1.69. The van der Waals surface area contributed by atoms with E-state index in [1.807, 2.05) is 0 Å². The number of hydrogen-bond donors (Lipinski definition) is 1. The van der Waals surface area contributed by atoms with Gasteiger partial charge in [0.15, 0.2) is 0 Å². The van der Waals surface area contributed by atoms with Crippen LogP contribution in [-0.2, 0) is 6.42 Å². The third kappa shape index (κ3) is 2.01. The number of aryl methyl sites for hydroxylation is 1. The molecule has 0 saturated heterocycles. The van der Waals surface area contributed by atoms with Crippen LogP contribution in [0.3, 0.4) is 0 Å². The van der Waals surface area contributed by atoms with Crippen LogP contribution in [-0.4, -0.2) is 23.1 Å². The van der Waals surface area contributed by atoms with Crippen LogP contribution < -0.4 is 4.74 Å². The Morgan fingerprint density at radius 3 is 2.91 bits per heavy atom. The van der Waals surface area contributed by atoms with Gasteiger partial charge in [0.05, 0.1) is 13.2 Å². The molecule has 0 aliphatic heterocycles. The molecule has 2 nitrogen and oxygen atoms in total. The van der Waals surface area contributed by atoms with Crippen molar-refractivity contribution >= 4 is 15.9 Å². The average molecular weight is 365 g/mol. The normalized spacial score (nSPS) is 43.2. The molecule has 6 atom stereocenters. The molecule has 120 valence electrons. The molecular formula is C19H25BrO2. The number of halogens is 1. The fourth-order valence-corrected chi connectivity index (χ4v) is 6.64. The molecule has 0 bridgehead atoms. The van der Waals surface area contributed by atoms with Gasteiger partial charge >= 0.3 is 0 Å². The Morgan fingerprint density at radius 1 is 1.32 bits per heavy atom. The number of aliphatic hydroxyl groups excluding tert-OH is 1. The molecule has 1 N–H and O–H groups in total. The average Bonchev–Trinajstić information content (AvgIpc) is 2.77. The summed E-state index contributed by atoms with van der Waals surface area (Å²) in [4.78, 5) is 0.276. The van der Waals surface area contributed by atoms with Gasteiger partial charge in [-0.25, -0.2) is 0 Å². The Kier molecular flexibility index (Phi) is 3.58. The summed E-state index contributed by atoms with van der Waals surface area (Å²) in [6.45, 7) is 2.32. The molecule has 3 unspecified atom stereocenters. The molecule has 2 fully saturated rings. The maximum atomic E-state index is 10.6. The number of aliphatic hydroxyl groups is 1. The maximum absolute atomic E-state index is 10.6. The first kappa shape index (κ1) is 15.0. The third-order valence-corrected chi connectivity index (χ3v) is 7.74. The third-order valence-electron chi connectivity index (χ3n) is 6.87. The van der Waals surface area contributed by atoms with Gasteiger partial charge in [0, 0.05) is 4.83 Å². The quantitative estimate of drug-likeness (QED) is 0.753. The highest BCUT2D eigenvalue weighted by Gasteiger charge is 2.57. The monoisotopic (exact) mass is 364 g/mol. The Morgan fingerprint density at radius 2 is 2.14 bits per heavy atom. The summed E-state index contributed by atoms with van der Waals surface area (Å²) >= 11 is 3.73. The van der Waals surface area contributed by atoms with E-state index >= 15 is 0 Å². The highest BCUT2D eigenvalue weighted by atomic mass is 79.9. The maximum Gasteiger partial charge on any atom is 0.119 e. The Labute approximate surface area is 141 Å². The number of methoxy groups -OCH3 is 1. The van der Waals surface area contributed by atoms with Crippen LogP contribution >= 0.6 is 15.9 Å². The molecule has 0 aromatic heterocycles. The Bertz CT molecular complexity index is 587. The molecule has 3 aliphatic carbocycles. The zero-order valence-electron chi connectivity index (χ0n) is 13.4. The number of hydrogen-bond acceptors (Lipinski definition) is 2. The van der Waals surface area contributed by atoms with Crippen LogP contribution in [0.4, 0.5) is 0 Å². The lowest BCUT2D eigenvalue weighted by Gasteiger charge is -2.50. The van der Waals surface area contributed by atoms with Gasteiger partial charge in [-0.1, -0.05) is 28.9 Å². The summed E-state index contributed by atoms with van der Waals surface area (Å²) in [6, 6.07) is 6.65. The fourth-order valence-electron chi connectivity index (χ4n) is 5.63. The standard InChI is InChI=1S/C19H25BrO2/c1-19-8-7-14-13-6-4-12(22-2)9-11(13)3-5-15(14)16(19)10-17(20)18(19)21/h4,6,9,14-18,21H,3,5,7-8,10H2,1-2H3/t14?,15?,16?,17-,18-,19+/m0/s1. The van der Waals surface area contributed by atoms with E-state index in [2.05, 4.69) is 41.1 Å². The summed E-state index contributed by atoms with van der Waals surface area (Å²) in [7, 11) is 1.75. The molecular weight excluding hydrogens is 340 g/mol. The zero-order valence-corrected chi connectivity index (χ0v) is 15.0. The van der Waals surface area contributed by atoms with Crippen molar-refractivity contribution in [2.45, 2.75) is 55.9 Å². The van der Waals surface area contributed by atoms with Crippen LogP contribution in [0.2, 0.25) is 0 Å². The Hall–Kier alpha value is -0.540. The molecule has 0 amide bonds. The zero-order chi connectivity index (χ0) is 15.5. The minimum atomic E-state index is -0.185. The summed E-state index contributed by atoms with van der Waals surface area (Å²) in [5.41, 5.74) is 3.14. The van der Waals surface area contributed by atoms with Crippen molar-refractivity contribution in [2.24, 2.45) is 17.3 Å². The highest BCUT2D eigenvalue weighted by molar-refractivity contribution is 9.09. The van der Waals surface area contributed by atoms with Crippen LogP contribution in [0, 0.1) is 17.3 Å². The molecule has 3 heteroatoms. The second-order valence-electron chi connectivity index (χ2n) is 7.72. The number of fused-ring (bicyclic) bond motifs is 5. The van der Waals surface area contributed by atoms with Crippen molar-refractivity contribution in [1.29, 1.82) is 0 Å². The van der Waals surface area contributed by atoms with E-state index in [1.54, 1.807) is 12.7 Å². The van der Waals surface area contributed by atoms with Crippen LogP contribution in [0.25, 0.3) is 0 Å². The lowest BCUT2D eigenvalue weighted by Crippen LogP contribution is -2.44. The number of alkyl halides is 1. The molecule has 3 aliphatic rings. The van der Waals surface area contributed by atoms with Crippen molar-refractivity contribution in [3.63, 3.8) is 0 Å². The van der Waals surface area contributed by atoms with Crippen molar-refractivity contribution < 1.29 is 9.84 Å². The molecule has 2 saturated carbocycles. The molecule has 4 rings (SSSR count). The molecule has 1 aromatic carbocycles. The van der Waals surface area contributed by atoms with Crippen LogP contribution in [0.5, 0.6) is 5.75 Å². The summed E-state index contributed by atoms with van der Waals surface area (Å²) in [6.07, 6.45) is 5.72. The molecule has 1 aromatic rings. The highest BCUT2D eigenvalue weighted by Crippen LogP contribution is 2.61. The second-order valence-corrected chi connectivity index (χ2v) is 8.90. The predicted molar refractivity (Wildman–Crippen MR) is 91.7 cm³/mol. The van der Waals surface area contributed by atoms with E-state index in [4.69, 9.17) is 4.74 Å². The van der Waals surface area contributed by atoms with E-state index in [1.165, 1.54) is 18.4 Å². The lowest BCUT2D eigenvalue weighted by atomic mass is 9.55. The van der Waals surface area contributed by atoms with Crippen molar-refractivity contribution in [3.05, 3.63) is 29.3 Å². The van der Waals surface area contributed by atoms with Gasteiger partial charge in [-0.05, 0) is 78.5 Å². The molecule has 0 spiro atoms. The molecule has 0 heterocycles. The lowest BCUT2D eigenvalue weighted by molar-refractivity contribution is -0.0213. The van der Waals surface area contributed by atoms with Gasteiger partial charge in [-0.2, -0.15) is 0 Å². The minimum Gasteiger partial charge on any atom is -0.497 e. The molecule has 22 heavy (non-hydrogen) atoms. The van der Waals surface area contributed by atoms with Gasteiger partial charge in [0.1, 0.15) is 5.75 Å². The van der Waals surface area contributed by atoms with Crippen molar-refractivity contribution in [1.82, 2.24) is 0 Å². The van der Waals surface area contributed by atoms with Gasteiger partial charge in [-0.15, -0.1) is 0 Å². The minimum absolute atomic E-state index is 0.110. The molecule has 0 radical (unpaired) electrons. The summed E-state index contributed by atoms with van der Waals surface area (Å²) in [5, 5.41) is 10.6. The van der Waals surface area contributed by atoms with Crippen LogP contribution in [0.1, 0.15) is 49.7 Å². The first-order chi connectivity index (χ1) is 10.5. The predicted octanol–water partition coefficient (Wildman–Crippen LogP) is 4.29. The smallest absolute Gasteiger partial charge is 0.119 e. The van der Waals surface area contributed by atoms with E-state index in [9.17, 15) is 5.11 Å². The van der Waals surface area contributed by atoms with Gasteiger partial charge < -0.3 is 9.84 Å². The number of benzene rings is 1. The van der Waals surface area contributed by atoms with Crippen molar-refractivity contribution in [2.75, 3.05) is 7.11 Å². The summed E-state index contributed by atoms with van der Waals surface area (Å²) < 4.78 is 5.39. The second kappa shape index (κ2) is 5.24. The van der Waals surface area contributed by atoms with Crippen LogP contribution in [0.15, 0.2) is 18.2 Å². The van der Waals surface area contributed by atoms with E-state index in [0.717, 1.165) is 30.9 Å². The van der Waals surface area contributed by atoms with Gasteiger partial charge in [-0.3, -0.25) is 0 Å². The van der Waals surface area contributed by atoms with Crippen molar-refractivity contribution in [3.8, 4) is 5.75 Å². The topological polar surface area (TPSA) is 29.5 Å². The first-order valence-corrected chi connectivity index (χ1v) is 9.45. The van der Waals surface area contributed by atoms with E-state index in [-0.39, 0.29) is 16.3 Å². The number of ether oxygens (including phenoxy) is 1.